The largest absolute Gasteiger partial charge is 0.360 e. The van der Waals surface area contributed by atoms with Gasteiger partial charge in [0.2, 0.25) is 0 Å². The lowest BCUT2D eigenvalue weighted by Gasteiger charge is -2.43. The molecule has 1 aliphatic heterocycles. The molecule has 124 valence electrons. The summed E-state index contributed by atoms with van der Waals surface area (Å²) in [7, 11) is 0. The maximum absolute atomic E-state index is 13.4. The van der Waals surface area contributed by atoms with Gasteiger partial charge in [0.1, 0.15) is 6.17 Å². The number of fused-ring (bicyclic) bond motifs is 3. The molecule has 0 saturated heterocycles. The lowest BCUT2D eigenvalue weighted by Crippen LogP contribution is -2.50. The smallest absolute Gasteiger partial charge is 0.258 e. The normalized spacial score (nSPS) is 31.2. The Kier molecular flexibility index (Phi) is 3.24. The van der Waals surface area contributed by atoms with Gasteiger partial charge in [-0.2, -0.15) is 0 Å². The summed E-state index contributed by atoms with van der Waals surface area (Å²) in [6.07, 6.45) is 5.12. The summed E-state index contributed by atoms with van der Waals surface area (Å²) in [4.78, 5) is 18.1. The third kappa shape index (κ3) is 2.12. The zero-order chi connectivity index (χ0) is 16.3. The van der Waals surface area contributed by atoms with Gasteiger partial charge in [-0.25, -0.2) is 0 Å². The van der Waals surface area contributed by atoms with E-state index in [9.17, 15) is 4.79 Å². The number of para-hydroxylation sites is 1. The molecule has 2 bridgehead atoms. The van der Waals surface area contributed by atoms with Crippen LogP contribution in [0.15, 0.2) is 36.4 Å². The number of amides is 1. The number of thiophene rings is 1. The Morgan fingerprint density at radius 1 is 1.12 bits per heavy atom. The Balaban J connectivity index is 1.59. The molecular weight excluding hydrogens is 316 g/mol. The van der Waals surface area contributed by atoms with Crippen LogP contribution in [0.2, 0.25) is 0 Å². The molecule has 3 aliphatic rings. The maximum Gasteiger partial charge on any atom is 0.258 e. The second kappa shape index (κ2) is 5.35. The standard InChI is InChI=1S/C20H22N2OS/c1-12-6-9-18(24-12)19-21-16-5-3-2-4-15(16)20(23)22(19)17-11-13-7-8-14(17)10-13/h2-6,9,13-14,17,19,21H,7-8,10-11H2,1H3/t13-,14+,17+,19?/m1/s1. The molecule has 2 aliphatic carbocycles. The van der Waals surface area contributed by atoms with E-state index in [4.69, 9.17) is 0 Å². The molecule has 2 heterocycles. The molecule has 0 spiro atoms. The van der Waals surface area contributed by atoms with E-state index in [0.717, 1.165) is 17.2 Å². The lowest BCUT2D eigenvalue weighted by molar-refractivity contribution is 0.0498. The Labute approximate surface area is 146 Å². The topological polar surface area (TPSA) is 32.3 Å². The minimum atomic E-state index is -0.0181. The van der Waals surface area contributed by atoms with Crippen LogP contribution in [0.4, 0.5) is 5.69 Å². The molecule has 4 atom stereocenters. The van der Waals surface area contributed by atoms with Crippen molar-refractivity contribution in [1.82, 2.24) is 4.90 Å². The van der Waals surface area contributed by atoms with Crippen molar-refractivity contribution < 1.29 is 4.79 Å². The van der Waals surface area contributed by atoms with Crippen molar-refractivity contribution in [1.29, 1.82) is 0 Å². The van der Waals surface area contributed by atoms with Crippen molar-refractivity contribution in [2.45, 2.75) is 44.8 Å². The number of benzene rings is 1. The van der Waals surface area contributed by atoms with Gasteiger partial charge in [-0.15, -0.1) is 11.3 Å². The van der Waals surface area contributed by atoms with Gasteiger partial charge >= 0.3 is 0 Å². The molecule has 3 nitrogen and oxygen atoms in total. The molecular formula is C20H22N2OS. The second-order valence-corrected chi connectivity index (χ2v) is 8.81. The van der Waals surface area contributed by atoms with Crippen LogP contribution in [0.1, 0.15) is 52.0 Å². The van der Waals surface area contributed by atoms with Gasteiger partial charge < -0.3 is 10.2 Å². The van der Waals surface area contributed by atoms with Crippen LogP contribution in [0, 0.1) is 18.8 Å². The number of nitrogens with zero attached hydrogens (tertiary/aromatic N) is 1. The van der Waals surface area contributed by atoms with Crippen molar-refractivity contribution in [2.75, 3.05) is 5.32 Å². The van der Waals surface area contributed by atoms with Gasteiger partial charge in [0.05, 0.1) is 5.56 Å². The van der Waals surface area contributed by atoms with E-state index in [1.165, 1.54) is 35.4 Å². The first kappa shape index (κ1) is 14.5. The lowest BCUT2D eigenvalue weighted by atomic mass is 9.92. The summed E-state index contributed by atoms with van der Waals surface area (Å²) in [5.41, 5.74) is 1.79. The monoisotopic (exact) mass is 338 g/mol. The first-order valence-electron chi connectivity index (χ1n) is 8.95. The van der Waals surface area contributed by atoms with Gasteiger partial charge in [0.15, 0.2) is 0 Å². The highest BCUT2D eigenvalue weighted by Crippen LogP contribution is 2.50. The van der Waals surface area contributed by atoms with E-state index in [-0.39, 0.29) is 12.1 Å². The number of hydrogen-bond donors (Lipinski definition) is 1. The molecule has 1 N–H and O–H groups in total. The first-order chi connectivity index (χ1) is 11.7. The highest BCUT2D eigenvalue weighted by molar-refractivity contribution is 7.12. The number of hydrogen-bond acceptors (Lipinski definition) is 3. The summed E-state index contributed by atoms with van der Waals surface area (Å²) in [6, 6.07) is 12.7. The molecule has 2 fully saturated rings. The number of rotatable bonds is 2. The Morgan fingerprint density at radius 2 is 2.00 bits per heavy atom. The molecule has 2 aromatic rings. The Hall–Kier alpha value is -1.81. The van der Waals surface area contributed by atoms with E-state index < -0.39 is 0 Å². The van der Waals surface area contributed by atoms with Crippen LogP contribution >= 0.6 is 11.3 Å². The number of carbonyl (C=O) groups excluding carboxylic acids is 1. The van der Waals surface area contributed by atoms with Crippen molar-refractivity contribution in [3.05, 3.63) is 51.7 Å². The van der Waals surface area contributed by atoms with Gasteiger partial charge in [0.25, 0.3) is 5.91 Å². The molecule has 1 unspecified atom stereocenters. The van der Waals surface area contributed by atoms with Crippen molar-refractivity contribution >= 4 is 22.9 Å². The fraction of sp³-hybridized carbons (Fsp3) is 0.450. The molecule has 0 radical (unpaired) electrons. The molecule has 1 amide bonds. The fourth-order valence-corrected chi connectivity index (χ4v) is 5.90. The third-order valence-corrected chi connectivity index (χ3v) is 7.10. The van der Waals surface area contributed by atoms with Crippen molar-refractivity contribution in [2.24, 2.45) is 11.8 Å². The summed E-state index contributed by atoms with van der Waals surface area (Å²) < 4.78 is 0. The minimum Gasteiger partial charge on any atom is -0.360 e. The van der Waals surface area contributed by atoms with E-state index in [2.05, 4.69) is 29.3 Å². The average molecular weight is 338 g/mol. The van der Waals surface area contributed by atoms with Gasteiger partial charge in [-0.3, -0.25) is 4.79 Å². The van der Waals surface area contributed by atoms with Crippen molar-refractivity contribution in [3.8, 4) is 0 Å². The third-order valence-electron chi connectivity index (χ3n) is 6.05. The van der Waals surface area contributed by atoms with Crippen LogP contribution < -0.4 is 5.32 Å². The van der Waals surface area contributed by atoms with Crippen LogP contribution in [0.25, 0.3) is 0 Å². The number of anilines is 1. The van der Waals surface area contributed by atoms with Crippen LogP contribution in [0.3, 0.4) is 0 Å². The zero-order valence-electron chi connectivity index (χ0n) is 13.9. The summed E-state index contributed by atoms with van der Waals surface area (Å²) in [6.45, 7) is 2.13. The molecule has 2 saturated carbocycles. The highest BCUT2D eigenvalue weighted by atomic mass is 32.1. The van der Waals surface area contributed by atoms with Gasteiger partial charge in [0, 0.05) is 21.5 Å². The second-order valence-electron chi connectivity index (χ2n) is 7.50. The SMILES string of the molecule is Cc1ccc(C2Nc3ccccc3C(=O)N2[C@H]2C[C@@H]3CC[C@H]2C3)s1. The summed E-state index contributed by atoms with van der Waals surface area (Å²) in [5.74, 6) is 1.73. The summed E-state index contributed by atoms with van der Waals surface area (Å²) in [5, 5.41) is 3.66. The van der Waals surface area contributed by atoms with Crippen LogP contribution in [-0.2, 0) is 0 Å². The fourth-order valence-electron chi connectivity index (χ4n) is 4.97. The van der Waals surface area contributed by atoms with E-state index in [0.29, 0.717) is 12.0 Å². The maximum atomic E-state index is 13.4. The molecule has 1 aromatic carbocycles. The molecule has 4 heteroatoms. The molecule has 24 heavy (non-hydrogen) atoms. The number of nitrogens with one attached hydrogen (secondary N) is 1. The van der Waals surface area contributed by atoms with E-state index >= 15 is 0 Å². The van der Waals surface area contributed by atoms with E-state index in [1.54, 1.807) is 11.3 Å². The zero-order valence-corrected chi connectivity index (χ0v) is 14.7. The van der Waals surface area contributed by atoms with Crippen LogP contribution in [-0.4, -0.2) is 16.8 Å². The molecule has 1 aromatic heterocycles. The van der Waals surface area contributed by atoms with Gasteiger partial charge in [-0.05, 0) is 62.3 Å². The highest BCUT2D eigenvalue weighted by Gasteiger charge is 2.48. The minimum absolute atomic E-state index is 0.0181. The van der Waals surface area contributed by atoms with Crippen LogP contribution in [0.5, 0.6) is 0 Å². The van der Waals surface area contributed by atoms with Crippen molar-refractivity contribution in [3.63, 3.8) is 0 Å². The summed E-state index contributed by atoms with van der Waals surface area (Å²) >= 11 is 1.80. The Bertz CT molecular complexity index is 798. The quantitative estimate of drug-likeness (QED) is 0.852. The predicted octanol–water partition coefficient (Wildman–Crippen LogP) is 4.81. The Morgan fingerprint density at radius 3 is 2.71 bits per heavy atom. The number of carbonyl (C=O) groups is 1. The van der Waals surface area contributed by atoms with Gasteiger partial charge in [-0.1, -0.05) is 18.6 Å². The average Bonchev–Trinajstić information content (AvgIpc) is 3.31. The first-order valence-corrected chi connectivity index (χ1v) is 9.77. The number of aryl methyl sites for hydroxylation is 1. The predicted molar refractivity (Wildman–Crippen MR) is 97.3 cm³/mol. The van der Waals surface area contributed by atoms with E-state index in [1.807, 2.05) is 24.3 Å². The molecule has 5 rings (SSSR count).